The summed E-state index contributed by atoms with van der Waals surface area (Å²) in [5, 5.41) is 13.2. The second-order valence-corrected chi connectivity index (χ2v) is 7.68. The van der Waals surface area contributed by atoms with Gasteiger partial charge < -0.3 is 16.4 Å². The predicted molar refractivity (Wildman–Crippen MR) is 116 cm³/mol. The van der Waals surface area contributed by atoms with Crippen LogP contribution in [0.1, 0.15) is 27.2 Å². The molecule has 0 fully saturated rings. The molecule has 0 radical (unpaired) electrons. The Balaban J connectivity index is 1.70. The van der Waals surface area contributed by atoms with Gasteiger partial charge in [0, 0.05) is 15.8 Å². The van der Waals surface area contributed by atoms with E-state index in [1.54, 1.807) is 24.3 Å². The van der Waals surface area contributed by atoms with E-state index in [0.29, 0.717) is 5.69 Å². The fourth-order valence-corrected chi connectivity index (χ4v) is 3.28. The molecule has 0 aliphatic rings. The quantitative estimate of drug-likeness (QED) is 0.543. The number of hydrogen-bond acceptors (Lipinski definition) is 5. The average molecular weight is 457 g/mol. The van der Waals surface area contributed by atoms with Gasteiger partial charge in [0.2, 0.25) is 5.91 Å². The van der Waals surface area contributed by atoms with E-state index in [1.807, 2.05) is 32.9 Å². The van der Waals surface area contributed by atoms with Crippen LogP contribution in [0.3, 0.4) is 0 Å². The molecule has 0 unspecified atom stereocenters. The number of nitrogens with zero attached hydrogens (tertiary/aromatic N) is 3. The standard InChI is InChI=1S/C20H21BrN6O2/c1-11-8-12(2)17(13(3)9-11)24-16(28)10-27-19(22)18(25-26-27)20(29)23-15-6-4-14(21)5-7-15/h4-9H,10,22H2,1-3H3,(H,23,29)(H,24,28). The lowest BCUT2D eigenvalue weighted by atomic mass is 10.1. The molecular weight excluding hydrogens is 436 g/mol. The minimum absolute atomic E-state index is 0.0205. The van der Waals surface area contributed by atoms with Crippen LogP contribution in [0.2, 0.25) is 0 Å². The van der Waals surface area contributed by atoms with Crippen LogP contribution in [0, 0.1) is 20.8 Å². The lowest BCUT2D eigenvalue weighted by Gasteiger charge is -2.13. The van der Waals surface area contributed by atoms with E-state index >= 15 is 0 Å². The summed E-state index contributed by atoms with van der Waals surface area (Å²) >= 11 is 3.33. The molecule has 0 aliphatic heterocycles. The largest absolute Gasteiger partial charge is 0.382 e. The molecule has 9 heteroatoms. The number of halogens is 1. The Morgan fingerprint density at radius 2 is 1.69 bits per heavy atom. The molecule has 150 valence electrons. The monoisotopic (exact) mass is 456 g/mol. The molecule has 2 amide bonds. The van der Waals surface area contributed by atoms with Gasteiger partial charge >= 0.3 is 0 Å². The van der Waals surface area contributed by atoms with Crippen molar-refractivity contribution in [1.29, 1.82) is 0 Å². The summed E-state index contributed by atoms with van der Waals surface area (Å²) in [6.45, 7) is 5.72. The van der Waals surface area contributed by atoms with Gasteiger partial charge in [-0.15, -0.1) is 5.10 Å². The van der Waals surface area contributed by atoms with Crippen LogP contribution in [0.25, 0.3) is 0 Å². The van der Waals surface area contributed by atoms with Gasteiger partial charge in [-0.3, -0.25) is 9.59 Å². The molecule has 3 rings (SSSR count). The third-order valence-electron chi connectivity index (χ3n) is 4.33. The van der Waals surface area contributed by atoms with Gasteiger partial charge in [-0.25, -0.2) is 4.68 Å². The van der Waals surface area contributed by atoms with Crippen molar-refractivity contribution in [3.05, 3.63) is 63.3 Å². The van der Waals surface area contributed by atoms with Gasteiger partial charge in [-0.2, -0.15) is 0 Å². The number of carbonyl (C=O) groups is 2. The second-order valence-electron chi connectivity index (χ2n) is 6.76. The summed E-state index contributed by atoms with van der Waals surface area (Å²) in [7, 11) is 0. The number of amides is 2. The molecule has 0 aliphatic carbocycles. The average Bonchev–Trinajstić information content (AvgIpc) is 3.00. The Kier molecular flexibility index (Phi) is 5.97. The normalized spacial score (nSPS) is 10.6. The van der Waals surface area contributed by atoms with E-state index < -0.39 is 5.91 Å². The summed E-state index contributed by atoms with van der Waals surface area (Å²) in [5.41, 5.74) is 10.4. The van der Waals surface area contributed by atoms with Gasteiger partial charge in [0.25, 0.3) is 5.91 Å². The second kappa shape index (κ2) is 8.44. The van der Waals surface area contributed by atoms with E-state index in [-0.39, 0.29) is 24.0 Å². The number of hydrogen-bond donors (Lipinski definition) is 3. The van der Waals surface area contributed by atoms with Crippen LogP contribution < -0.4 is 16.4 Å². The van der Waals surface area contributed by atoms with Crippen LogP contribution in [0.15, 0.2) is 40.9 Å². The number of nitrogens with one attached hydrogen (secondary N) is 2. The number of carbonyl (C=O) groups excluding carboxylic acids is 2. The molecule has 0 saturated heterocycles. The molecule has 2 aromatic carbocycles. The number of nitrogen functional groups attached to an aromatic ring is 1. The zero-order valence-electron chi connectivity index (χ0n) is 16.3. The highest BCUT2D eigenvalue weighted by atomic mass is 79.9. The minimum Gasteiger partial charge on any atom is -0.382 e. The Labute approximate surface area is 176 Å². The zero-order valence-corrected chi connectivity index (χ0v) is 17.9. The lowest BCUT2D eigenvalue weighted by molar-refractivity contribution is -0.116. The molecule has 8 nitrogen and oxygen atoms in total. The summed E-state index contributed by atoms with van der Waals surface area (Å²) < 4.78 is 2.09. The number of anilines is 3. The van der Waals surface area contributed by atoms with Gasteiger partial charge in [0.05, 0.1) is 0 Å². The highest BCUT2D eigenvalue weighted by Gasteiger charge is 2.19. The van der Waals surface area contributed by atoms with Crippen LogP contribution in [0.4, 0.5) is 17.2 Å². The minimum atomic E-state index is -0.498. The third-order valence-corrected chi connectivity index (χ3v) is 4.85. The fraction of sp³-hybridized carbons (Fsp3) is 0.200. The molecule has 1 aromatic heterocycles. The zero-order chi connectivity index (χ0) is 21.1. The Morgan fingerprint density at radius 1 is 1.07 bits per heavy atom. The smallest absolute Gasteiger partial charge is 0.280 e. The molecule has 0 saturated carbocycles. The van der Waals surface area contributed by atoms with Gasteiger partial charge in [-0.05, 0) is 56.2 Å². The van der Waals surface area contributed by atoms with E-state index in [0.717, 1.165) is 26.9 Å². The highest BCUT2D eigenvalue weighted by molar-refractivity contribution is 9.10. The summed E-state index contributed by atoms with van der Waals surface area (Å²) in [6.07, 6.45) is 0. The molecule has 3 aromatic rings. The van der Waals surface area contributed by atoms with Crippen LogP contribution in [-0.2, 0) is 11.3 Å². The van der Waals surface area contributed by atoms with Gasteiger partial charge in [0.15, 0.2) is 11.5 Å². The van der Waals surface area contributed by atoms with Crippen molar-refractivity contribution in [2.75, 3.05) is 16.4 Å². The Bertz CT molecular complexity index is 1050. The number of aromatic nitrogens is 3. The lowest BCUT2D eigenvalue weighted by Crippen LogP contribution is -2.22. The fourth-order valence-electron chi connectivity index (χ4n) is 3.01. The molecule has 0 atom stereocenters. The molecule has 1 heterocycles. The first-order valence-electron chi connectivity index (χ1n) is 8.88. The molecule has 0 spiro atoms. The first-order chi connectivity index (χ1) is 13.7. The number of aryl methyl sites for hydroxylation is 3. The van der Waals surface area contributed by atoms with Crippen molar-refractivity contribution in [3.8, 4) is 0 Å². The molecule has 4 N–H and O–H groups in total. The molecular formula is C20H21BrN6O2. The van der Waals surface area contributed by atoms with Crippen LogP contribution >= 0.6 is 15.9 Å². The van der Waals surface area contributed by atoms with Gasteiger partial charge in [0.1, 0.15) is 6.54 Å². The summed E-state index contributed by atoms with van der Waals surface area (Å²) in [4.78, 5) is 24.9. The van der Waals surface area contributed by atoms with E-state index in [9.17, 15) is 9.59 Å². The van der Waals surface area contributed by atoms with Crippen molar-refractivity contribution in [2.45, 2.75) is 27.3 Å². The number of benzene rings is 2. The Hall–Kier alpha value is -3.20. The van der Waals surface area contributed by atoms with E-state index in [4.69, 9.17) is 5.73 Å². The number of nitrogens with two attached hydrogens (primary N) is 1. The first kappa shape index (κ1) is 20.5. The van der Waals surface area contributed by atoms with E-state index in [2.05, 4.69) is 36.9 Å². The maximum Gasteiger partial charge on any atom is 0.280 e. The maximum atomic E-state index is 12.5. The Morgan fingerprint density at radius 3 is 2.31 bits per heavy atom. The summed E-state index contributed by atoms with van der Waals surface area (Å²) in [5.74, 6) is -0.787. The van der Waals surface area contributed by atoms with Crippen molar-refractivity contribution >= 4 is 44.9 Å². The predicted octanol–water partition coefficient (Wildman–Crippen LogP) is 3.44. The SMILES string of the molecule is Cc1cc(C)c(NC(=O)Cn2nnc(C(=O)Nc3ccc(Br)cc3)c2N)c(C)c1. The van der Waals surface area contributed by atoms with Crippen LogP contribution in [0.5, 0.6) is 0 Å². The maximum absolute atomic E-state index is 12.5. The summed E-state index contributed by atoms with van der Waals surface area (Å²) in [6, 6.07) is 11.1. The van der Waals surface area contributed by atoms with Crippen LogP contribution in [-0.4, -0.2) is 26.8 Å². The van der Waals surface area contributed by atoms with E-state index in [1.165, 1.54) is 4.68 Å². The first-order valence-corrected chi connectivity index (χ1v) is 9.67. The van der Waals surface area contributed by atoms with Crippen molar-refractivity contribution in [1.82, 2.24) is 15.0 Å². The molecule has 0 bridgehead atoms. The molecule has 29 heavy (non-hydrogen) atoms. The van der Waals surface area contributed by atoms with Crippen molar-refractivity contribution in [2.24, 2.45) is 0 Å². The van der Waals surface area contributed by atoms with Gasteiger partial charge in [-0.1, -0.05) is 38.8 Å². The highest BCUT2D eigenvalue weighted by Crippen LogP contribution is 2.22. The third kappa shape index (κ3) is 4.80. The topological polar surface area (TPSA) is 115 Å². The number of rotatable bonds is 5. The van der Waals surface area contributed by atoms with Crippen molar-refractivity contribution < 1.29 is 9.59 Å². The van der Waals surface area contributed by atoms with Crippen molar-refractivity contribution in [3.63, 3.8) is 0 Å².